The number of carbonyl (C=O) groups is 1. The maximum absolute atomic E-state index is 11.2. The van der Waals surface area contributed by atoms with Crippen LogP contribution in [0.4, 0.5) is 5.82 Å². The largest absolute Gasteiger partial charge is 0.487 e. The monoisotopic (exact) mass is 387 g/mol. The Labute approximate surface area is 171 Å². The van der Waals surface area contributed by atoms with Crippen LogP contribution in [-0.2, 0) is 4.79 Å². The van der Waals surface area contributed by atoms with Gasteiger partial charge in [-0.05, 0) is 42.3 Å². The lowest BCUT2D eigenvalue weighted by molar-refractivity contribution is -0.119. The van der Waals surface area contributed by atoms with Crippen molar-refractivity contribution in [2.75, 3.05) is 18.0 Å². The zero-order valence-electron chi connectivity index (χ0n) is 16.7. The van der Waals surface area contributed by atoms with Crippen molar-refractivity contribution in [3.8, 4) is 16.9 Å². The zero-order chi connectivity index (χ0) is 20.2. The van der Waals surface area contributed by atoms with Gasteiger partial charge in [0.05, 0.1) is 19.1 Å². The van der Waals surface area contributed by atoms with E-state index in [0.29, 0.717) is 0 Å². The van der Waals surface area contributed by atoms with E-state index in [2.05, 4.69) is 39.5 Å². The van der Waals surface area contributed by atoms with Gasteiger partial charge in [-0.2, -0.15) is 0 Å². The highest BCUT2D eigenvalue weighted by atomic mass is 16.5. The molecule has 1 aromatic heterocycles. The lowest BCUT2D eigenvalue weighted by Gasteiger charge is -2.39. The SMILES string of the molecule is CC(=O)N[C@@H](C)c1ccc(OC2CN(c3ccc(-c4ccccc4)cn3)C2)cc1. The molecule has 1 saturated heterocycles. The molecule has 148 valence electrons. The molecule has 0 unspecified atom stereocenters. The number of carbonyl (C=O) groups excluding carboxylic acids is 1. The number of aromatic nitrogens is 1. The van der Waals surface area contributed by atoms with Crippen LogP contribution in [0.1, 0.15) is 25.5 Å². The molecule has 0 saturated carbocycles. The number of ether oxygens (including phenoxy) is 1. The van der Waals surface area contributed by atoms with Crippen LogP contribution in [0.25, 0.3) is 11.1 Å². The molecular weight excluding hydrogens is 362 g/mol. The Hall–Kier alpha value is -3.34. The number of benzene rings is 2. The summed E-state index contributed by atoms with van der Waals surface area (Å²) in [5.41, 5.74) is 3.36. The van der Waals surface area contributed by atoms with Crippen LogP contribution in [0.15, 0.2) is 72.9 Å². The average molecular weight is 387 g/mol. The Kier molecular flexibility index (Phi) is 5.47. The van der Waals surface area contributed by atoms with Gasteiger partial charge in [0.2, 0.25) is 5.91 Å². The second-order valence-corrected chi connectivity index (χ2v) is 7.41. The number of rotatable bonds is 6. The van der Waals surface area contributed by atoms with E-state index in [1.54, 1.807) is 0 Å². The summed E-state index contributed by atoms with van der Waals surface area (Å²) in [6.45, 7) is 5.14. The standard InChI is InChI=1S/C24H25N3O2/c1-17(26-18(2)28)19-8-11-22(12-9-19)29-23-15-27(16-23)24-13-10-21(14-25-24)20-6-4-3-5-7-20/h3-14,17,23H,15-16H2,1-2H3,(H,26,28)/t17-/m0/s1. The third-order valence-electron chi connectivity index (χ3n) is 5.13. The molecule has 1 aliphatic heterocycles. The van der Waals surface area contributed by atoms with Crippen LogP contribution in [0.5, 0.6) is 5.75 Å². The molecule has 5 heteroatoms. The van der Waals surface area contributed by atoms with Gasteiger partial charge >= 0.3 is 0 Å². The van der Waals surface area contributed by atoms with Crippen molar-refractivity contribution in [1.82, 2.24) is 10.3 Å². The Balaban J connectivity index is 1.29. The highest BCUT2D eigenvalue weighted by Gasteiger charge is 2.29. The lowest BCUT2D eigenvalue weighted by Crippen LogP contribution is -2.54. The smallest absolute Gasteiger partial charge is 0.217 e. The predicted molar refractivity (Wildman–Crippen MR) is 115 cm³/mol. The van der Waals surface area contributed by atoms with Crippen molar-refractivity contribution >= 4 is 11.7 Å². The van der Waals surface area contributed by atoms with Gasteiger partial charge in [-0.25, -0.2) is 4.98 Å². The van der Waals surface area contributed by atoms with E-state index in [4.69, 9.17) is 4.74 Å². The highest BCUT2D eigenvalue weighted by molar-refractivity contribution is 5.73. The van der Waals surface area contributed by atoms with Gasteiger partial charge in [0.1, 0.15) is 17.7 Å². The molecule has 1 atom stereocenters. The second kappa shape index (κ2) is 8.35. The van der Waals surface area contributed by atoms with Crippen LogP contribution in [0.3, 0.4) is 0 Å². The van der Waals surface area contributed by atoms with Crippen molar-refractivity contribution in [1.29, 1.82) is 0 Å². The summed E-state index contributed by atoms with van der Waals surface area (Å²) in [6, 6.07) is 22.4. The van der Waals surface area contributed by atoms with Gasteiger partial charge in [-0.1, -0.05) is 42.5 Å². The Morgan fingerprint density at radius 2 is 1.76 bits per heavy atom. The van der Waals surface area contributed by atoms with Crippen LogP contribution >= 0.6 is 0 Å². The molecule has 5 nitrogen and oxygen atoms in total. The fourth-order valence-electron chi connectivity index (χ4n) is 3.49. The summed E-state index contributed by atoms with van der Waals surface area (Å²) in [5, 5.41) is 2.89. The molecule has 0 bridgehead atoms. The number of hydrogen-bond acceptors (Lipinski definition) is 4. The fourth-order valence-corrected chi connectivity index (χ4v) is 3.49. The molecule has 1 aliphatic rings. The van der Waals surface area contributed by atoms with Crippen molar-refractivity contribution < 1.29 is 9.53 Å². The molecule has 0 spiro atoms. The third kappa shape index (κ3) is 4.57. The maximum atomic E-state index is 11.2. The molecule has 3 aromatic rings. The van der Waals surface area contributed by atoms with E-state index < -0.39 is 0 Å². The quantitative estimate of drug-likeness (QED) is 0.688. The maximum Gasteiger partial charge on any atom is 0.217 e. The molecule has 0 aliphatic carbocycles. The first kappa shape index (κ1) is 19.0. The molecule has 2 heterocycles. The van der Waals surface area contributed by atoms with Gasteiger partial charge in [0.15, 0.2) is 0 Å². The minimum absolute atomic E-state index is 0.00863. The first-order valence-electron chi connectivity index (χ1n) is 9.88. The van der Waals surface area contributed by atoms with E-state index in [1.807, 2.05) is 55.6 Å². The number of anilines is 1. The Bertz CT molecular complexity index is 950. The first-order valence-corrected chi connectivity index (χ1v) is 9.88. The summed E-state index contributed by atoms with van der Waals surface area (Å²) in [4.78, 5) is 18.0. The summed E-state index contributed by atoms with van der Waals surface area (Å²) in [7, 11) is 0. The van der Waals surface area contributed by atoms with E-state index in [0.717, 1.165) is 35.8 Å². The van der Waals surface area contributed by atoms with Crippen LogP contribution in [-0.4, -0.2) is 30.1 Å². The Morgan fingerprint density at radius 3 is 2.38 bits per heavy atom. The van der Waals surface area contributed by atoms with E-state index in [9.17, 15) is 4.79 Å². The van der Waals surface area contributed by atoms with Gasteiger partial charge in [0.25, 0.3) is 0 Å². The molecule has 29 heavy (non-hydrogen) atoms. The van der Waals surface area contributed by atoms with Gasteiger partial charge in [-0.15, -0.1) is 0 Å². The Morgan fingerprint density at radius 1 is 1.03 bits per heavy atom. The predicted octanol–water partition coefficient (Wildman–Crippen LogP) is 4.21. The number of nitrogens with one attached hydrogen (secondary N) is 1. The topological polar surface area (TPSA) is 54.5 Å². The third-order valence-corrected chi connectivity index (χ3v) is 5.13. The number of amides is 1. The van der Waals surface area contributed by atoms with Crippen molar-refractivity contribution in [2.45, 2.75) is 26.0 Å². The molecular formula is C24H25N3O2. The summed E-state index contributed by atoms with van der Waals surface area (Å²) >= 11 is 0. The highest BCUT2D eigenvalue weighted by Crippen LogP contribution is 2.26. The van der Waals surface area contributed by atoms with E-state index in [1.165, 1.54) is 12.5 Å². The normalized spacial score (nSPS) is 14.8. The average Bonchev–Trinajstić information content (AvgIpc) is 2.71. The molecule has 2 aromatic carbocycles. The van der Waals surface area contributed by atoms with Crippen LogP contribution < -0.4 is 15.0 Å². The number of hydrogen-bond donors (Lipinski definition) is 1. The van der Waals surface area contributed by atoms with Gasteiger partial charge in [0, 0.05) is 18.7 Å². The molecule has 0 radical (unpaired) electrons. The summed E-state index contributed by atoms with van der Waals surface area (Å²) in [6.07, 6.45) is 2.08. The fraction of sp³-hybridized carbons (Fsp3) is 0.250. The van der Waals surface area contributed by atoms with Crippen molar-refractivity contribution in [2.24, 2.45) is 0 Å². The van der Waals surface area contributed by atoms with Crippen LogP contribution in [0.2, 0.25) is 0 Å². The minimum Gasteiger partial charge on any atom is -0.487 e. The number of pyridine rings is 1. The lowest BCUT2D eigenvalue weighted by atomic mass is 10.1. The van der Waals surface area contributed by atoms with E-state index in [-0.39, 0.29) is 18.1 Å². The van der Waals surface area contributed by atoms with Crippen LogP contribution in [0, 0.1) is 0 Å². The molecule has 4 rings (SSSR count). The van der Waals surface area contributed by atoms with Crippen molar-refractivity contribution in [3.05, 3.63) is 78.5 Å². The zero-order valence-corrected chi connectivity index (χ0v) is 16.7. The second-order valence-electron chi connectivity index (χ2n) is 7.41. The summed E-state index contributed by atoms with van der Waals surface area (Å²) < 4.78 is 6.05. The molecule has 1 fully saturated rings. The minimum atomic E-state index is -0.0298. The summed E-state index contributed by atoms with van der Waals surface area (Å²) in [5.74, 6) is 1.79. The molecule has 1 amide bonds. The first-order chi connectivity index (χ1) is 14.1. The van der Waals surface area contributed by atoms with E-state index >= 15 is 0 Å². The molecule has 1 N–H and O–H groups in total. The number of nitrogens with zero attached hydrogens (tertiary/aromatic N) is 2. The van der Waals surface area contributed by atoms with Gasteiger partial charge < -0.3 is 15.0 Å². The van der Waals surface area contributed by atoms with Gasteiger partial charge in [-0.3, -0.25) is 4.79 Å². The van der Waals surface area contributed by atoms with Crippen molar-refractivity contribution in [3.63, 3.8) is 0 Å².